The third-order valence-electron chi connectivity index (χ3n) is 4.12. The van der Waals surface area contributed by atoms with Crippen molar-refractivity contribution in [3.05, 3.63) is 59.4 Å². The van der Waals surface area contributed by atoms with E-state index in [1.807, 2.05) is 0 Å². The van der Waals surface area contributed by atoms with Crippen LogP contribution < -0.4 is 14.8 Å². The van der Waals surface area contributed by atoms with E-state index in [2.05, 4.69) is 5.32 Å². The molecule has 0 bridgehead atoms. The van der Waals surface area contributed by atoms with Gasteiger partial charge in [0, 0.05) is 24.9 Å². The molecule has 0 unspecified atom stereocenters. The van der Waals surface area contributed by atoms with E-state index < -0.39 is 0 Å². The molecule has 1 amide bonds. The maximum Gasteiger partial charge on any atom is 0.220 e. The fourth-order valence-corrected chi connectivity index (χ4v) is 2.71. The largest absolute Gasteiger partial charge is 0.486 e. The number of Topliss-reactive ketones (excluding diaryl/α,β-unsaturated/α-hetero) is 1. The summed E-state index contributed by atoms with van der Waals surface area (Å²) in [5.74, 6) is 0.532. The van der Waals surface area contributed by atoms with Gasteiger partial charge in [-0.25, -0.2) is 4.39 Å². The SMILES string of the molecule is O=C(CCC(=O)c1ccc2c(c1)OCCO2)NCCc1ccccc1F. The minimum atomic E-state index is -0.282. The zero-order valence-electron chi connectivity index (χ0n) is 14.3. The van der Waals surface area contributed by atoms with Crippen molar-refractivity contribution < 1.29 is 23.5 Å². The van der Waals surface area contributed by atoms with Crippen molar-refractivity contribution in [3.8, 4) is 11.5 Å². The molecule has 6 heteroatoms. The Balaban J connectivity index is 1.44. The van der Waals surface area contributed by atoms with Gasteiger partial charge in [-0.05, 0) is 36.2 Å². The van der Waals surface area contributed by atoms with Gasteiger partial charge in [-0.3, -0.25) is 9.59 Å². The van der Waals surface area contributed by atoms with Crippen LogP contribution in [0.15, 0.2) is 42.5 Å². The van der Waals surface area contributed by atoms with E-state index in [1.54, 1.807) is 36.4 Å². The van der Waals surface area contributed by atoms with Crippen molar-refractivity contribution in [2.75, 3.05) is 19.8 Å². The predicted octanol–water partition coefficient (Wildman–Crippen LogP) is 2.92. The van der Waals surface area contributed by atoms with E-state index in [0.29, 0.717) is 48.8 Å². The van der Waals surface area contributed by atoms with Crippen LogP contribution in [0, 0.1) is 5.82 Å². The molecule has 26 heavy (non-hydrogen) atoms. The number of fused-ring (bicyclic) bond motifs is 1. The molecular formula is C20H20FNO4. The Morgan fingerprint density at radius 1 is 1.00 bits per heavy atom. The van der Waals surface area contributed by atoms with Crippen LogP contribution in [0.4, 0.5) is 4.39 Å². The van der Waals surface area contributed by atoms with Gasteiger partial charge in [-0.2, -0.15) is 0 Å². The zero-order valence-corrected chi connectivity index (χ0v) is 14.3. The Labute approximate surface area is 151 Å². The summed E-state index contributed by atoms with van der Waals surface area (Å²) >= 11 is 0. The summed E-state index contributed by atoms with van der Waals surface area (Å²) in [4.78, 5) is 24.1. The molecule has 1 aliphatic rings. The Kier molecular flexibility index (Phi) is 5.84. The normalized spacial score (nSPS) is 12.5. The first-order valence-corrected chi connectivity index (χ1v) is 8.56. The topological polar surface area (TPSA) is 64.6 Å². The minimum Gasteiger partial charge on any atom is -0.486 e. The van der Waals surface area contributed by atoms with Crippen molar-refractivity contribution in [1.82, 2.24) is 5.32 Å². The molecule has 3 rings (SSSR count). The molecule has 1 aliphatic heterocycles. The van der Waals surface area contributed by atoms with Crippen LogP contribution in [0.1, 0.15) is 28.8 Å². The average molecular weight is 357 g/mol. The number of ketones is 1. The summed E-state index contributed by atoms with van der Waals surface area (Å²) in [5, 5.41) is 2.71. The maximum absolute atomic E-state index is 13.5. The molecule has 1 N–H and O–H groups in total. The van der Waals surface area contributed by atoms with Crippen molar-refractivity contribution in [2.45, 2.75) is 19.3 Å². The van der Waals surface area contributed by atoms with Gasteiger partial charge in [0.15, 0.2) is 17.3 Å². The number of rotatable bonds is 7. The fourth-order valence-electron chi connectivity index (χ4n) is 2.71. The van der Waals surface area contributed by atoms with Gasteiger partial charge in [0.2, 0.25) is 5.91 Å². The molecular weight excluding hydrogens is 337 g/mol. The quantitative estimate of drug-likeness (QED) is 0.774. The Morgan fingerprint density at radius 2 is 1.77 bits per heavy atom. The highest BCUT2D eigenvalue weighted by atomic mass is 19.1. The Hall–Kier alpha value is -2.89. The molecule has 2 aromatic rings. The minimum absolute atomic E-state index is 0.0878. The van der Waals surface area contributed by atoms with E-state index in [9.17, 15) is 14.0 Å². The van der Waals surface area contributed by atoms with E-state index in [1.165, 1.54) is 6.07 Å². The number of ether oxygens (including phenoxy) is 2. The molecule has 0 radical (unpaired) electrons. The smallest absolute Gasteiger partial charge is 0.220 e. The van der Waals surface area contributed by atoms with Gasteiger partial charge >= 0.3 is 0 Å². The van der Waals surface area contributed by atoms with E-state index >= 15 is 0 Å². The Morgan fingerprint density at radius 3 is 2.58 bits per heavy atom. The third-order valence-corrected chi connectivity index (χ3v) is 4.12. The molecule has 136 valence electrons. The predicted molar refractivity (Wildman–Crippen MR) is 94.1 cm³/mol. The van der Waals surface area contributed by atoms with Gasteiger partial charge in [0.05, 0.1) is 0 Å². The van der Waals surface area contributed by atoms with Crippen molar-refractivity contribution in [1.29, 1.82) is 0 Å². The lowest BCUT2D eigenvalue weighted by Gasteiger charge is -2.18. The number of hydrogen-bond acceptors (Lipinski definition) is 4. The lowest BCUT2D eigenvalue weighted by Crippen LogP contribution is -2.26. The van der Waals surface area contributed by atoms with Crippen LogP contribution in [0.3, 0.4) is 0 Å². The van der Waals surface area contributed by atoms with E-state index in [0.717, 1.165) is 0 Å². The molecule has 2 aromatic carbocycles. The average Bonchev–Trinajstić information content (AvgIpc) is 2.67. The number of carbonyl (C=O) groups excluding carboxylic acids is 2. The van der Waals surface area contributed by atoms with E-state index in [4.69, 9.17) is 9.47 Å². The van der Waals surface area contributed by atoms with Crippen LogP contribution >= 0.6 is 0 Å². The van der Waals surface area contributed by atoms with Crippen LogP contribution in [-0.2, 0) is 11.2 Å². The molecule has 0 fully saturated rings. The standard InChI is InChI=1S/C20H20FNO4/c21-16-4-2-1-3-14(16)9-10-22-20(24)8-6-17(23)15-5-7-18-19(13-15)26-12-11-25-18/h1-5,7,13H,6,8-12H2,(H,22,24). The molecule has 0 spiro atoms. The van der Waals surface area contributed by atoms with Gasteiger partial charge in [0.1, 0.15) is 19.0 Å². The van der Waals surface area contributed by atoms with Gasteiger partial charge in [-0.1, -0.05) is 18.2 Å². The number of nitrogens with one attached hydrogen (secondary N) is 1. The summed E-state index contributed by atoms with van der Waals surface area (Å²) in [5.41, 5.74) is 1.05. The Bertz CT molecular complexity index is 806. The second-order valence-electron chi connectivity index (χ2n) is 5.97. The van der Waals surface area contributed by atoms with Crippen molar-refractivity contribution >= 4 is 11.7 Å². The molecule has 5 nitrogen and oxygen atoms in total. The highest BCUT2D eigenvalue weighted by Gasteiger charge is 2.15. The highest BCUT2D eigenvalue weighted by molar-refractivity contribution is 5.98. The number of halogens is 1. The van der Waals surface area contributed by atoms with Crippen LogP contribution in [0.5, 0.6) is 11.5 Å². The lowest BCUT2D eigenvalue weighted by molar-refractivity contribution is -0.121. The fraction of sp³-hybridized carbons (Fsp3) is 0.300. The summed E-state index contributed by atoms with van der Waals surface area (Å²) < 4.78 is 24.4. The van der Waals surface area contributed by atoms with Crippen molar-refractivity contribution in [2.24, 2.45) is 0 Å². The molecule has 0 aromatic heterocycles. The first kappa shape index (κ1) is 17.9. The second kappa shape index (κ2) is 8.47. The van der Waals surface area contributed by atoms with Gasteiger partial charge < -0.3 is 14.8 Å². The molecule has 0 atom stereocenters. The number of hydrogen-bond donors (Lipinski definition) is 1. The third kappa shape index (κ3) is 4.59. The number of carbonyl (C=O) groups is 2. The van der Waals surface area contributed by atoms with Gasteiger partial charge in [-0.15, -0.1) is 0 Å². The first-order valence-electron chi connectivity index (χ1n) is 8.56. The molecule has 0 saturated heterocycles. The van der Waals surface area contributed by atoms with Crippen molar-refractivity contribution in [3.63, 3.8) is 0 Å². The van der Waals surface area contributed by atoms with Gasteiger partial charge in [0.25, 0.3) is 0 Å². The number of amides is 1. The lowest BCUT2D eigenvalue weighted by atomic mass is 10.1. The first-order chi connectivity index (χ1) is 12.6. The number of benzene rings is 2. The molecule has 1 heterocycles. The van der Waals surface area contributed by atoms with Crippen LogP contribution in [-0.4, -0.2) is 31.4 Å². The summed E-state index contributed by atoms with van der Waals surface area (Å²) in [6.07, 6.45) is 0.601. The molecule has 0 saturated carbocycles. The van der Waals surface area contributed by atoms with Crippen LogP contribution in [0.25, 0.3) is 0 Å². The summed E-state index contributed by atoms with van der Waals surface area (Å²) in [6, 6.07) is 11.5. The maximum atomic E-state index is 13.5. The molecule has 0 aliphatic carbocycles. The van der Waals surface area contributed by atoms with Crippen LogP contribution in [0.2, 0.25) is 0 Å². The zero-order chi connectivity index (χ0) is 18.4. The second-order valence-corrected chi connectivity index (χ2v) is 5.97. The summed E-state index contributed by atoms with van der Waals surface area (Å²) in [6.45, 7) is 1.28. The highest BCUT2D eigenvalue weighted by Crippen LogP contribution is 2.31. The monoisotopic (exact) mass is 357 g/mol. The van der Waals surface area contributed by atoms with E-state index in [-0.39, 0.29) is 30.3 Å². The summed E-state index contributed by atoms with van der Waals surface area (Å²) in [7, 11) is 0.